The van der Waals surface area contributed by atoms with Crippen LogP contribution in [0.2, 0.25) is 29.6 Å². The molecule has 0 N–H and O–H groups in total. The summed E-state index contributed by atoms with van der Waals surface area (Å²) in [7, 11) is 0. The van der Waals surface area contributed by atoms with Crippen LogP contribution in [0.25, 0.3) is 20.4 Å². The van der Waals surface area contributed by atoms with Crippen LogP contribution in [0.3, 0.4) is 0 Å². The van der Waals surface area contributed by atoms with Crippen LogP contribution in [-0.4, -0.2) is 41.3 Å². The van der Waals surface area contributed by atoms with Crippen LogP contribution in [0.15, 0.2) is 12.1 Å². The Balaban J connectivity index is 1.81. The predicted octanol–water partition coefficient (Wildman–Crippen LogP) is 8.85. The van der Waals surface area contributed by atoms with Gasteiger partial charge in [-0.3, -0.25) is 0 Å². The molecule has 0 radical (unpaired) electrons. The molecule has 3 heterocycles. The van der Waals surface area contributed by atoms with Crippen LogP contribution in [0.4, 0.5) is 0 Å². The van der Waals surface area contributed by atoms with Crippen LogP contribution in [-0.2, 0) is 0 Å². The molecular formula is C26H43NS2Sn2. The van der Waals surface area contributed by atoms with Gasteiger partial charge in [-0.15, -0.1) is 0 Å². The maximum atomic E-state index is 2.87. The molecule has 0 aliphatic heterocycles. The minimum atomic E-state index is -2.07. The number of nitrogens with zero attached hydrogens (tertiary/aromatic N) is 1. The summed E-state index contributed by atoms with van der Waals surface area (Å²) in [6, 6.07) is 6.01. The van der Waals surface area contributed by atoms with Gasteiger partial charge in [-0.25, -0.2) is 0 Å². The molecule has 1 nitrogen and oxygen atoms in total. The first-order valence-electron chi connectivity index (χ1n) is 12.7. The van der Waals surface area contributed by atoms with Gasteiger partial charge in [0, 0.05) is 0 Å². The Hall–Kier alpha value is 0.797. The molecular weight excluding hydrogens is 628 g/mol. The van der Waals surface area contributed by atoms with E-state index in [1.165, 1.54) is 70.6 Å². The van der Waals surface area contributed by atoms with Gasteiger partial charge in [0.1, 0.15) is 0 Å². The first-order chi connectivity index (χ1) is 14.7. The molecule has 0 spiro atoms. The summed E-state index contributed by atoms with van der Waals surface area (Å²) >= 11 is 0.198. The Morgan fingerprint density at radius 3 is 1.32 bits per heavy atom. The van der Waals surface area contributed by atoms with Crippen LogP contribution < -0.4 is 5.79 Å². The first kappa shape index (κ1) is 24.9. The number of hydrogen-bond acceptors (Lipinski definition) is 2. The second-order valence-corrected chi connectivity index (χ2v) is 44.9. The van der Waals surface area contributed by atoms with E-state index in [4.69, 9.17) is 0 Å². The minimum absolute atomic E-state index is 0.703. The summed E-state index contributed by atoms with van der Waals surface area (Å²) < 4.78 is 9.66. The molecule has 1 fully saturated rings. The van der Waals surface area contributed by atoms with E-state index < -0.39 is 36.8 Å². The fourth-order valence-corrected chi connectivity index (χ4v) is 17.9. The fraction of sp³-hybridized carbons (Fsp3) is 0.692. The first-order valence-corrected chi connectivity index (χ1v) is 34.4. The third kappa shape index (κ3) is 5.72. The van der Waals surface area contributed by atoms with Crippen molar-refractivity contribution in [2.75, 3.05) is 0 Å². The van der Waals surface area contributed by atoms with E-state index in [-0.39, 0.29) is 0 Å². The second-order valence-electron chi connectivity index (χ2n) is 11.9. The van der Waals surface area contributed by atoms with E-state index in [2.05, 4.69) is 69.0 Å². The molecule has 0 aromatic carbocycles. The summed E-state index contributed by atoms with van der Waals surface area (Å²) in [5, 5.41) is 0. The normalized spacial score (nSPS) is 19.0. The van der Waals surface area contributed by atoms with Gasteiger partial charge in [0.2, 0.25) is 0 Å². The van der Waals surface area contributed by atoms with Gasteiger partial charge in [0.25, 0.3) is 0 Å². The van der Waals surface area contributed by atoms with Crippen molar-refractivity contribution in [3.05, 3.63) is 12.1 Å². The Kier molecular flexibility index (Phi) is 8.19. The molecule has 1 aliphatic carbocycles. The van der Waals surface area contributed by atoms with E-state index in [1.54, 1.807) is 26.2 Å². The summed E-state index contributed by atoms with van der Waals surface area (Å²) in [5.41, 5.74) is 3.20. The molecule has 5 heteroatoms. The average molecular weight is 671 g/mol. The van der Waals surface area contributed by atoms with Crippen molar-refractivity contribution < 1.29 is 0 Å². The zero-order valence-corrected chi connectivity index (χ0v) is 28.1. The van der Waals surface area contributed by atoms with Gasteiger partial charge in [0.15, 0.2) is 0 Å². The third-order valence-corrected chi connectivity index (χ3v) is 28.3. The quantitative estimate of drug-likeness (QED) is 0.246. The van der Waals surface area contributed by atoms with Crippen molar-refractivity contribution in [1.29, 1.82) is 0 Å². The topological polar surface area (TPSA) is 4.93 Å². The Morgan fingerprint density at radius 1 is 0.613 bits per heavy atom. The number of aromatic nitrogens is 1. The number of fused-ring (bicyclic) bond motifs is 3. The summed E-state index contributed by atoms with van der Waals surface area (Å²) in [6.45, 7) is 0. The number of hydrogen-bond donors (Lipinski definition) is 0. The molecule has 0 unspecified atom stereocenters. The van der Waals surface area contributed by atoms with Crippen molar-refractivity contribution in [2.45, 2.75) is 106 Å². The van der Waals surface area contributed by atoms with Crippen molar-refractivity contribution in [1.82, 2.24) is 4.57 Å². The SMILES string of the molecule is [CH3][Sn]([CH3])([CH3])[c]1cc2c(s1)c1s[c]([Sn]([CH3])([CH3])[CH3])cc1n2C1CCCCCCCCCCC1. The van der Waals surface area contributed by atoms with Crippen LogP contribution in [0, 0.1) is 0 Å². The molecule has 1 aliphatic rings. The monoisotopic (exact) mass is 673 g/mol. The Labute approximate surface area is 206 Å². The molecule has 31 heavy (non-hydrogen) atoms. The molecule has 0 saturated heterocycles. The standard InChI is InChI=1S/C20H25NS2.6CH3.2Sn/c1-2-4-6-8-10-16(11-9-7-5-3-1)21-17-12-14-22-19(17)20-18(21)13-15-23-20;;;;;;;;/h12-13,16H,1-11H2;6*1H3;;. The molecule has 4 rings (SSSR count). The third-order valence-electron chi connectivity index (χ3n) is 7.07. The van der Waals surface area contributed by atoms with Crippen molar-refractivity contribution in [3.63, 3.8) is 0 Å². The molecule has 0 amide bonds. The van der Waals surface area contributed by atoms with E-state index >= 15 is 0 Å². The number of rotatable bonds is 3. The van der Waals surface area contributed by atoms with Gasteiger partial charge in [-0.05, 0) is 0 Å². The van der Waals surface area contributed by atoms with Crippen LogP contribution >= 0.6 is 22.7 Å². The van der Waals surface area contributed by atoms with Crippen molar-refractivity contribution in [2.24, 2.45) is 0 Å². The van der Waals surface area contributed by atoms with E-state index in [1.807, 2.05) is 0 Å². The Morgan fingerprint density at radius 2 is 0.968 bits per heavy atom. The summed E-state index contributed by atoms with van der Waals surface area (Å²) in [4.78, 5) is 15.5. The molecule has 0 atom stereocenters. The molecule has 1 saturated carbocycles. The predicted molar refractivity (Wildman–Crippen MR) is 151 cm³/mol. The zero-order chi connectivity index (χ0) is 22.2. The molecule has 3 aromatic heterocycles. The fourth-order valence-electron chi connectivity index (χ4n) is 5.11. The van der Waals surface area contributed by atoms with Gasteiger partial charge in [-0.2, -0.15) is 0 Å². The van der Waals surface area contributed by atoms with Gasteiger partial charge in [-0.1, -0.05) is 0 Å². The van der Waals surface area contributed by atoms with Crippen molar-refractivity contribution >= 4 is 85.6 Å². The van der Waals surface area contributed by atoms with Gasteiger partial charge < -0.3 is 0 Å². The molecule has 172 valence electrons. The summed E-state index contributed by atoms with van der Waals surface area (Å²) in [5.74, 6) is 0. The van der Waals surface area contributed by atoms with E-state index in [9.17, 15) is 0 Å². The number of thiophene rings is 2. The van der Waals surface area contributed by atoms with Gasteiger partial charge in [0.05, 0.1) is 0 Å². The average Bonchev–Trinajstić information content (AvgIpc) is 3.32. The maximum absolute atomic E-state index is 2.87. The van der Waals surface area contributed by atoms with Crippen molar-refractivity contribution in [3.8, 4) is 0 Å². The summed E-state index contributed by atoms with van der Waals surface area (Å²) in [6.07, 6.45) is 15.7. The second kappa shape index (κ2) is 10.2. The molecule has 3 aromatic rings. The van der Waals surface area contributed by atoms with Crippen LogP contribution in [0.5, 0.6) is 0 Å². The van der Waals surface area contributed by atoms with E-state index in [0.717, 1.165) is 0 Å². The molecule has 0 bridgehead atoms. The zero-order valence-electron chi connectivity index (χ0n) is 20.8. The van der Waals surface area contributed by atoms with Crippen LogP contribution in [0.1, 0.15) is 76.7 Å². The van der Waals surface area contributed by atoms with E-state index in [0.29, 0.717) is 6.04 Å². The van der Waals surface area contributed by atoms with Gasteiger partial charge >= 0.3 is 209 Å². The Bertz CT molecular complexity index is 934.